The number of anilines is 1. The van der Waals surface area contributed by atoms with Crippen molar-refractivity contribution in [3.8, 4) is 5.88 Å². The van der Waals surface area contributed by atoms with E-state index in [2.05, 4.69) is 15.3 Å². The summed E-state index contributed by atoms with van der Waals surface area (Å²) in [5.74, 6) is 0.0437. The molecule has 2 atom stereocenters. The molecule has 0 fully saturated rings. The summed E-state index contributed by atoms with van der Waals surface area (Å²) in [6.07, 6.45) is 2.40. The van der Waals surface area contributed by atoms with Gasteiger partial charge in [-0.15, -0.1) is 0 Å². The average molecular weight is 281 g/mol. The fraction of sp³-hybridized carbons (Fsp3) is 0.643. The smallest absolute Gasteiger partial charge is 0.306 e. The first-order valence-electron chi connectivity index (χ1n) is 6.81. The summed E-state index contributed by atoms with van der Waals surface area (Å²) in [6.45, 7) is 5.65. The van der Waals surface area contributed by atoms with Crippen molar-refractivity contribution in [3.05, 3.63) is 11.8 Å². The Bertz CT molecular complexity index is 451. The molecule has 1 heterocycles. The van der Waals surface area contributed by atoms with E-state index in [0.717, 1.165) is 18.5 Å². The highest BCUT2D eigenvalue weighted by Gasteiger charge is 2.12. The van der Waals surface area contributed by atoms with Gasteiger partial charge in [0.05, 0.1) is 13.0 Å². The number of nitrogens with zero attached hydrogens (tertiary/aromatic N) is 2. The fourth-order valence-corrected chi connectivity index (χ4v) is 1.86. The van der Waals surface area contributed by atoms with Crippen molar-refractivity contribution < 1.29 is 14.6 Å². The van der Waals surface area contributed by atoms with Crippen LogP contribution in [0.1, 0.15) is 38.8 Å². The molecule has 0 saturated carbocycles. The highest BCUT2D eigenvalue weighted by atomic mass is 16.5. The van der Waals surface area contributed by atoms with Crippen molar-refractivity contribution in [3.63, 3.8) is 0 Å². The molecule has 20 heavy (non-hydrogen) atoms. The number of methoxy groups -OCH3 is 1. The predicted octanol–water partition coefficient (Wildman–Crippen LogP) is 2.49. The highest BCUT2D eigenvalue weighted by molar-refractivity contribution is 5.69. The number of aryl methyl sites for hydroxylation is 1. The Hall–Kier alpha value is -1.85. The van der Waals surface area contributed by atoms with Crippen molar-refractivity contribution in [2.45, 2.75) is 46.1 Å². The van der Waals surface area contributed by atoms with Crippen molar-refractivity contribution in [2.75, 3.05) is 12.4 Å². The van der Waals surface area contributed by atoms with Crippen LogP contribution >= 0.6 is 0 Å². The Labute approximate surface area is 119 Å². The third kappa shape index (κ3) is 5.42. The van der Waals surface area contributed by atoms with Gasteiger partial charge in [0.15, 0.2) is 0 Å². The lowest BCUT2D eigenvalue weighted by atomic mass is 10.0. The Morgan fingerprint density at radius 3 is 2.70 bits per heavy atom. The van der Waals surface area contributed by atoms with Crippen LogP contribution in [0.3, 0.4) is 0 Å². The van der Waals surface area contributed by atoms with E-state index < -0.39 is 5.97 Å². The second-order valence-electron chi connectivity index (χ2n) is 5.09. The van der Waals surface area contributed by atoms with Crippen LogP contribution in [-0.2, 0) is 4.79 Å². The van der Waals surface area contributed by atoms with Crippen molar-refractivity contribution >= 4 is 11.9 Å². The number of hydrogen-bond acceptors (Lipinski definition) is 5. The van der Waals surface area contributed by atoms with Crippen LogP contribution in [0.15, 0.2) is 6.07 Å². The minimum Gasteiger partial charge on any atom is -0.481 e. The van der Waals surface area contributed by atoms with E-state index in [4.69, 9.17) is 9.84 Å². The monoisotopic (exact) mass is 281 g/mol. The van der Waals surface area contributed by atoms with Crippen molar-refractivity contribution in [1.82, 2.24) is 9.97 Å². The molecule has 0 saturated heterocycles. The molecule has 0 radical (unpaired) electrons. The van der Waals surface area contributed by atoms with Crippen molar-refractivity contribution in [2.24, 2.45) is 5.92 Å². The zero-order valence-electron chi connectivity index (χ0n) is 12.5. The minimum atomic E-state index is -0.739. The van der Waals surface area contributed by atoms with Crippen LogP contribution in [0.4, 0.5) is 5.95 Å². The van der Waals surface area contributed by atoms with E-state index in [1.807, 2.05) is 13.8 Å². The molecule has 0 spiro atoms. The average Bonchev–Trinajstić information content (AvgIpc) is 2.37. The lowest BCUT2D eigenvalue weighted by molar-refractivity contribution is -0.141. The number of rotatable bonds is 8. The largest absolute Gasteiger partial charge is 0.481 e. The molecule has 0 bridgehead atoms. The number of nitrogens with one attached hydrogen (secondary N) is 1. The third-order valence-corrected chi connectivity index (χ3v) is 3.11. The second kappa shape index (κ2) is 7.67. The van der Waals surface area contributed by atoms with Gasteiger partial charge < -0.3 is 15.2 Å². The van der Waals surface area contributed by atoms with Crippen LogP contribution in [-0.4, -0.2) is 34.2 Å². The fourth-order valence-electron chi connectivity index (χ4n) is 1.86. The van der Waals surface area contributed by atoms with E-state index in [0.29, 0.717) is 18.2 Å². The van der Waals surface area contributed by atoms with Gasteiger partial charge in [-0.25, -0.2) is 4.98 Å². The molecule has 0 amide bonds. The first kappa shape index (κ1) is 16.2. The molecule has 0 aliphatic rings. The van der Waals surface area contributed by atoms with Gasteiger partial charge in [0.1, 0.15) is 0 Å². The Morgan fingerprint density at radius 1 is 1.40 bits per heavy atom. The van der Waals surface area contributed by atoms with Gasteiger partial charge in [0.2, 0.25) is 11.8 Å². The van der Waals surface area contributed by atoms with E-state index in [9.17, 15) is 4.79 Å². The van der Waals surface area contributed by atoms with E-state index in [-0.39, 0.29) is 12.0 Å². The molecule has 0 aliphatic carbocycles. The summed E-state index contributed by atoms with van der Waals surface area (Å²) < 4.78 is 5.10. The normalized spacial score (nSPS) is 13.6. The minimum absolute atomic E-state index is 0.183. The maximum atomic E-state index is 10.7. The molecule has 1 aromatic heterocycles. The third-order valence-electron chi connectivity index (χ3n) is 3.11. The molecule has 2 N–H and O–H groups in total. The predicted molar refractivity (Wildman–Crippen MR) is 77.1 cm³/mol. The molecule has 6 nitrogen and oxygen atoms in total. The second-order valence-corrected chi connectivity index (χ2v) is 5.09. The first-order valence-corrected chi connectivity index (χ1v) is 6.81. The van der Waals surface area contributed by atoms with Gasteiger partial charge in [-0.1, -0.05) is 13.3 Å². The maximum absolute atomic E-state index is 10.7. The number of carbonyl (C=O) groups is 1. The SMILES string of the molecule is COc1cc(C)nc(NC(C)CCCC(C)C(=O)O)n1. The van der Waals surface area contributed by atoms with Crippen molar-refractivity contribution in [1.29, 1.82) is 0 Å². The van der Waals surface area contributed by atoms with Crippen LogP contribution in [0.2, 0.25) is 0 Å². The zero-order chi connectivity index (χ0) is 15.1. The summed E-state index contributed by atoms with van der Waals surface area (Å²) in [5, 5.41) is 12.0. The molecule has 2 unspecified atom stereocenters. The molecular formula is C14H23N3O3. The summed E-state index contributed by atoms with van der Waals surface area (Å²) in [4.78, 5) is 19.2. The van der Waals surface area contributed by atoms with Crippen LogP contribution in [0, 0.1) is 12.8 Å². The number of carboxylic acid groups (broad SMARTS) is 1. The quantitative estimate of drug-likeness (QED) is 0.761. The zero-order valence-corrected chi connectivity index (χ0v) is 12.5. The van der Waals surface area contributed by atoms with E-state index in [1.165, 1.54) is 0 Å². The first-order chi connectivity index (χ1) is 9.42. The topological polar surface area (TPSA) is 84.3 Å². The van der Waals surface area contributed by atoms with Gasteiger partial charge in [0.25, 0.3) is 0 Å². The molecule has 0 aliphatic heterocycles. The van der Waals surface area contributed by atoms with Gasteiger partial charge in [-0.2, -0.15) is 4.98 Å². The molecule has 1 aromatic rings. The van der Waals surface area contributed by atoms with Gasteiger partial charge in [-0.3, -0.25) is 4.79 Å². The van der Waals surface area contributed by atoms with Gasteiger partial charge in [-0.05, 0) is 26.7 Å². The number of ether oxygens (including phenoxy) is 1. The summed E-state index contributed by atoms with van der Waals surface area (Å²) in [5.41, 5.74) is 0.839. The lowest BCUT2D eigenvalue weighted by Crippen LogP contribution is -2.18. The molecule has 112 valence electrons. The Morgan fingerprint density at radius 2 is 2.10 bits per heavy atom. The van der Waals surface area contributed by atoms with E-state index in [1.54, 1.807) is 20.1 Å². The van der Waals surface area contributed by atoms with Crippen LogP contribution < -0.4 is 10.1 Å². The summed E-state index contributed by atoms with van der Waals surface area (Å²) in [7, 11) is 1.57. The lowest BCUT2D eigenvalue weighted by Gasteiger charge is -2.15. The number of aromatic nitrogens is 2. The Balaban J connectivity index is 2.44. The maximum Gasteiger partial charge on any atom is 0.306 e. The number of carboxylic acids is 1. The molecule has 0 aromatic carbocycles. The summed E-state index contributed by atoms with van der Waals surface area (Å²) in [6, 6.07) is 1.95. The molecule has 6 heteroatoms. The number of aliphatic carboxylic acids is 1. The van der Waals surface area contributed by atoms with Crippen LogP contribution in [0.5, 0.6) is 5.88 Å². The number of hydrogen-bond donors (Lipinski definition) is 2. The molecular weight excluding hydrogens is 258 g/mol. The summed E-state index contributed by atoms with van der Waals surface area (Å²) >= 11 is 0. The van der Waals surface area contributed by atoms with Crippen LogP contribution in [0.25, 0.3) is 0 Å². The van der Waals surface area contributed by atoms with Gasteiger partial charge >= 0.3 is 5.97 Å². The standard InChI is InChI=1S/C14H23N3O3/c1-9(13(18)19)6-5-7-10(2)15-14-16-11(3)8-12(17-14)20-4/h8-10H,5-7H2,1-4H3,(H,18,19)(H,15,16,17). The Kier molecular flexibility index (Phi) is 6.21. The highest BCUT2D eigenvalue weighted by Crippen LogP contribution is 2.14. The molecule has 1 rings (SSSR count). The van der Waals surface area contributed by atoms with Gasteiger partial charge in [0, 0.05) is 17.8 Å². The van der Waals surface area contributed by atoms with E-state index >= 15 is 0 Å².